The number of halogens is 1. The van der Waals surface area contributed by atoms with Crippen LogP contribution >= 0.6 is 28.1 Å². The summed E-state index contributed by atoms with van der Waals surface area (Å²) >= 11 is 8.28. The monoisotopic (exact) mass is 364 g/mol. The van der Waals surface area contributed by atoms with E-state index in [1.54, 1.807) is 30.3 Å². The molecule has 0 saturated carbocycles. The molecule has 0 radical (unpaired) electrons. The number of carbonyl (C=O) groups excluding carboxylic acids is 1. The van der Waals surface area contributed by atoms with Crippen LogP contribution < -0.4 is 15.8 Å². The minimum absolute atomic E-state index is 0.119. The molecule has 21 heavy (non-hydrogen) atoms. The van der Waals surface area contributed by atoms with E-state index in [1.165, 1.54) is 0 Å². The van der Waals surface area contributed by atoms with Crippen LogP contribution in [-0.2, 0) is 4.79 Å². The Balaban J connectivity index is 1.97. The first kappa shape index (κ1) is 15.5. The first-order valence-corrected chi connectivity index (χ1v) is 7.33. The van der Waals surface area contributed by atoms with E-state index in [2.05, 4.69) is 21.2 Å². The van der Waals surface area contributed by atoms with E-state index in [0.717, 1.165) is 4.47 Å². The highest BCUT2D eigenvalue weighted by molar-refractivity contribution is 9.10. The van der Waals surface area contributed by atoms with Crippen LogP contribution in [0.1, 0.15) is 5.56 Å². The maximum atomic E-state index is 11.9. The average Bonchev–Trinajstić information content (AvgIpc) is 2.45. The Bertz CT molecular complexity index is 676. The van der Waals surface area contributed by atoms with Crippen LogP contribution in [0.4, 0.5) is 5.69 Å². The molecule has 2 rings (SSSR count). The first-order valence-electron chi connectivity index (χ1n) is 6.13. The lowest BCUT2D eigenvalue weighted by Gasteiger charge is -2.10. The van der Waals surface area contributed by atoms with Gasteiger partial charge in [0.05, 0.1) is 5.56 Å². The average molecular weight is 365 g/mol. The van der Waals surface area contributed by atoms with Gasteiger partial charge in [-0.15, -0.1) is 0 Å². The molecule has 0 aromatic heterocycles. The van der Waals surface area contributed by atoms with Crippen LogP contribution in [-0.4, -0.2) is 17.5 Å². The molecule has 6 heteroatoms. The van der Waals surface area contributed by atoms with Gasteiger partial charge in [-0.05, 0) is 30.3 Å². The second-order valence-corrected chi connectivity index (χ2v) is 5.56. The summed E-state index contributed by atoms with van der Waals surface area (Å²) < 4.78 is 6.36. The largest absolute Gasteiger partial charge is 0.483 e. The van der Waals surface area contributed by atoms with Gasteiger partial charge >= 0.3 is 0 Å². The van der Waals surface area contributed by atoms with Crippen LogP contribution in [0.5, 0.6) is 5.75 Å². The number of nitrogens with one attached hydrogen (secondary N) is 1. The molecule has 0 aliphatic rings. The van der Waals surface area contributed by atoms with E-state index in [4.69, 9.17) is 22.7 Å². The standard InChI is InChI=1S/C15H13BrN2O2S/c16-10-4-3-5-11(8-10)18-14(19)9-20-13-7-2-1-6-12(13)15(17)21/h1-8H,9H2,(H2,17,21)(H,18,19). The molecule has 4 nitrogen and oxygen atoms in total. The maximum absolute atomic E-state index is 11.9. The summed E-state index contributed by atoms with van der Waals surface area (Å²) in [5, 5.41) is 2.74. The zero-order valence-electron chi connectivity index (χ0n) is 11.0. The minimum atomic E-state index is -0.258. The van der Waals surface area contributed by atoms with Crippen molar-refractivity contribution in [2.75, 3.05) is 11.9 Å². The summed E-state index contributed by atoms with van der Waals surface area (Å²) in [5.74, 6) is 0.236. The maximum Gasteiger partial charge on any atom is 0.262 e. The molecule has 108 valence electrons. The number of anilines is 1. The Morgan fingerprint density at radius 1 is 1.24 bits per heavy atom. The fourth-order valence-corrected chi connectivity index (χ4v) is 2.27. The van der Waals surface area contributed by atoms with E-state index < -0.39 is 0 Å². The number of hydrogen-bond acceptors (Lipinski definition) is 3. The highest BCUT2D eigenvalue weighted by atomic mass is 79.9. The molecule has 2 aromatic carbocycles. The zero-order chi connectivity index (χ0) is 15.2. The van der Waals surface area contributed by atoms with Gasteiger partial charge in [0.1, 0.15) is 10.7 Å². The molecule has 0 aliphatic carbocycles. The van der Waals surface area contributed by atoms with Crippen LogP contribution in [0.25, 0.3) is 0 Å². The van der Waals surface area contributed by atoms with Crippen LogP contribution in [0.3, 0.4) is 0 Å². The summed E-state index contributed by atoms with van der Waals surface area (Å²) in [6.07, 6.45) is 0. The Kier molecular flexibility index (Phi) is 5.30. The van der Waals surface area contributed by atoms with Crippen molar-refractivity contribution >= 4 is 44.7 Å². The van der Waals surface area contributed by atoms with Crippen molar-refractivity contribution in [1.29, 1.82) is 0 Å². The van der Waals surface area contributed by atoms with E-state index in [0.29, 0.717) is 17.0 Å². The predicted octanol–water partition coefficient (Wildman–Crippen LogP) is 3.10. The molecule has 0 spiro atoms. The minimum Gasteiger partial charge on any atom is -0.483 e. The fraction of sp³-hybridized carbons (Fsp3) is 0.0667. The summed E-state index contributed by atoms with van der Waals surface area (Å²) in [6, 6.07) is 14.4. The molecule has 0 heterocycles. The van der Waals surface area contributed by atoms with Gasteiger partial charge in [-0.1, -0.05) is 46.3 Å². The van der Waals surface area contributed by atoms with Crippen molar-refractivity contribution in [3.8, 4) is 5.75 Å². The summed E-state index contributed by atoms with van der Waals surface area (Å²) in [5.41, 5.74) is 6.92. The van der Waals surface area contributed by atoms with Crippen LogP contribution in [0.15, 0.2) is 53.0 Å². The number of nitrogens with two attached hydrogens (primary N) is 1. The number of carbonyl (C=O) groups is 1. The fourth-order valence-electron chi connectivity index (χ4n) is 1.70. The van der Waals surface area contributed by atoms with Crippen molar-refractivity contribution in [3.05, 3.63) is 58.6 Å². The number of rotatable bonds is 5. The molecule has 0 atom stereocenters. The highest BCUT2D eigenvalue weighted by Gasteiger charge is 2.08. The second kappa shape index (κ2) is 7.19. The van der Waals surface area contributed by atoms with Crippen molar-refractivity contribution in [2.24, 2.45) is 5.73 Å². The molecule has 0 aliphatic heterocycles. The van der Waals surface area contributed by atoms with Gasteiger partial charge in [-0.25, -0.2) is 0 Å². The summed E-state index contributed by atoms with van der Waals surface area (Å²) in [6.45, 7) is -0.119. The van der Waals surface area contributed by atoms with Crippen molar-refractivity contribution in [3.63, 3.8) is 0 Å². The third-order valence-electron chi connectivity index (χ3n) is 2.62. The Morgan fingerprint density at radius 3 is 2.71 bits per heavy atom. The van der Waals surface area contributed by atoms with Gasteiger partial charge in [-0.2, -0.15) is 0 Å². The molecule has 0 unspecified atom stereocenters. The Labute approximate surface area is 136 Å². The predicted molar refractivity (Wildman–Crippen MR) is 90.6 cm³/mol. The first-order chi connectivity index (χ1) is 10.1. The Hall–Kier alpha value is -1.92. The van der Waals surface area contributed by atoms with Crippen molar-refractivity contribution in [2.45, 2.75) is 0 Å². The quantitative estimate of drug-likeness (QED) is 0.800. The molecule has 0 bridgehead atoms. The molecule has 1 amide bonds. The van der Waals surface area contributed by atoms with Crippen LogP contribution in [0.2, 0.25) is 0 Å². The third-order valence-corrected chi connectivity index (χ3v) is 3.33. The Morgan fingerprint density at radius 2 is 2.00 bits per heavy atom. The van der Waals surface area contributed by atoms with Crippen molar-refractivity contribution in [1.82, 2.24) is 0 Å². The number of thiocarbonyl (C=S) groups is 1. The molecule has 0 fully saturated rings. The third kappa shape index (κ3) is 4.54. The number of ether oxygens (including phenoxy) is 1. The molecule has 0 saturated heterocycles. The number of hydrogen-bond donors (Lipinski definition) is 2. The van der Waals surface area contributed by atoms with Crippen LogP contribution in [0, 0.1) is 0 Å². The highest BCUT2D eigenvalue weighted by Crippen LogP contribution is 2.18. The number of amides is 1. The van der Waals surface area contributed by atoms with Gasteiger partial charge in [0.15, 0.2) is 6.61 Å². The summed E-state index contributed by atoms with van der Waals surface area (Å²) in [4.78, 5) is 12.1. The molecular weight excluding hydrogens is 352 g/mol. The normalized spacial score (nSPS) is 9.95. The number of para-hydroxylation sites is 1. The summed E-state index contributed by atoms with van der Waals surface area (Å²) in [7, 11) is 0. The molecule has 2 aromatic rings. The van der Waals surface area contributed by atoms with E-state index >= 15 is 0 Å². The second-order valence-electron chi connectivity index (χ2n) is 4.21. The van der Waals surface area contributed by atoms with Gasteiger partial charge in [0.25, 0.3) is 5.91 Å². The van der Waals surface area contributed by atoms with Gasteiger partial charge in [0.2, 0.25) is 0 Å². The lowest BCUT2D eigenvalue weighted by Crippen LogP contribution is -2.21. The zero-order valence-corrected chi connectivity index (χ0v) is 13.4. The number of benzene rings is 2. The van der Waals surface area contributed by atoms with E-state index in [9.17, 15) is 4.79 Å². The lowest BCUT2D eigenvalue weighted by molar-refractivity contribution is -0.118. The van der Waals surface area contributed by atoms with Crippen molar-refractivity contribution < 1.29 is 9.53 Å². The van der Waals surface area contributed by atoms with Gasteiger partial charge < -0.3 is 15.8 Å². The van der Waals surface area contributed by atoms with E-state index in [-0.39, 0.29) is 17.5 Å². The van der Waals surface area contributed by atoms with Gasteiger partial charge in [0, 0.05) is 10.2 Å². The van der Waals surface area contributed by atoms with E-state index in [1.807, 2.05) is 18.2 Å². The smallest absolute Gasteiger partial charge is 0.262 e. The van der Waals surface area contributed by atoms with Gasteiger partial charge in [-0.3, -0.25) is 4.79 Å². The molecular formula is C15H13BrN2O2S. The topological polar surface area (TPSA) is 64.3 Å². The lowest BCUT2D eigenvalue weighted by atomic mass is 10.2. The molecule has 3 N–H and O–H groups in total. The SMILES string of the molecule is NC(=S)c1ccccc1OCC(=O)Nc1cccc(Br)c1.